The fourth-order valence-corrected chi connectivity index (χ4v) is 3.04. The van der Waals surface area contributed by atoms with Gasteiger partial charge in [0.15, 0.2) is 0 Å². The molecule has 1 aliphatic rings. The summed E-state index contributed by atoms with van der Waals surface area (Å²) >= 11 is 0. The zero-order valence-corrected chi connectivity index (χ0v) is 15.6. The predicted octanol–water partition coefficient (Wildman–Crippen LogP) is 2.70. The van der Waals surface area contributed by atoms with E-state index in [-0.39, 0.29) is 23.9 Å². The van der Waals surface area contributed by atoms with Crippen LogP contribution < -0.4 is 10.6 Å². The standard InChI is InChI=1S/C19H29N3O3/c1-13-5-8-17(11-14(13)2)21-19(24)22-12-16(7-6-15(22)3)18(23)20-9-10-25-4/h5,8,11,15-16H,6-7,9-10,12H2,1-4H3,(H,20,23)(H,21,24)/t15-,16-/m1/s1. The molecule has 1 aromatic carbocycles. The largest absolute Gasteiger partial charge is 0.383 e. The molecule has 138 valence electrons. The number of methoxy groups -OCH3 is 1. The molecule has 0 bridgehead atoms. The highest BCUT2D eigenvalue weighted by molar-refractivity contribution is 5.90. The first-order valence-electron chi connectivity index (χ1n) is 8.84. The van der Waals surface area contributed by atoms with Crippen molar-refractivity contribution in [3.63, 3.8) is 0 Å². The fourth-order valence-electron chi connectivity index (χ4n) is 3.04. The number of aryl methyl sites for hydroxylation is 2. The molecule has 0 aromatic heterocycles. The molecule has 0 radical (unpaired) electrons. The summed E-state index contributed by atoms with van der Waals surface area (Å²) in [5.41, 5.74) is 3.11. The number of anilines is 1. The van der Waals surface area contributed by atoms with Gasteiger partial charge in [-0.2, -0.15) is 0 Å². The number of piperidine rings is 1. The summed E-state index contributed by atoms with van der Waals surface area (Å²) in [7, 11) is 1.60. The maximum atomic E-state index is 12.7. The summed E-state index contributed by atoms with van der Waals surface area (Å²) in [6.45, 7) is 7.52. The minimum absolute atomic E-state index is 0.00655. The van der Waals surface area contributed by atoms with Gasteiger partial charge in [-0.25, -0.2) is 4.79 Å². The average molecular weight is 347 g/mol. The summed E-state index contributed by atoms with van der Waals surface area (Å²) in [6.07, 6.45) is 1.62. The minimum atomic E-state index is -0.168. The molecule has 25 heavy (non-hydrogen) atoms. The molecule has 1 heterocycles. The summed E-state index contributed by atoms with van der Waals surface area (Å²) < 4.78 is 4.95. The van der Waals surface area contributed by atoms with Gasteiger partial charge in [0.1, 0.15) is 0 Å². The number of likely N-dealkylation sites (tertiary alicyclic amines) is 1. The Kier molecular flexibility index (Phi) is 6.82. The van der Waals surface area contributed by atoms with Crippen molar-refractivity contribution in [1.82, 2.24) is 10.2 Å². The van der Waals surface area contributed by atoms with Crippen LogP contribution in [0, 0.1) is 19.8 Å². The van der Waals surface area contributed by atoms with Crippen LogP contribution in [-0.4, -0.2) is 49.7 Å². The molecule has 6 heteroatoms. The third-order valence-corrected chi connectivity index (χ3v) is 4.88. The molecular weight excluding hydrogens is 318 g/mol. The second-order valence-corrected chi connectivity index (χ2v) is 6.79. The van der Waals surface area contributed by atoms with E-state index < -0.39 is 0 Å². The zero-order chi connectivity index (χ0) is 18.4. The Labute approximate surface area is 149 Å². The molecule has 1 aliphatic heterocycles. The van der Waals surface area contributed by atoms with Crippen molar-refractivity contribution < 1.29 is 14.3 Å². The maximum Gasteiger partial charge on any atom is 0.322 e. The third kappa shape index (κ3) is 5.19. The maximum absolute atomic E-state index is 12.7. The van der Waals surface area contributed by atoms with E-state index in [1.54, 1.807) is 12.0 Å². The Hall–Kier alpha value is -2.08. The van der Waals surface area contributed by atoms with E-state index in [4.69, 9.17) is 4.74 Å². The van der Waals surface area contributed by atoms with Crippen LogP contribution in [0.3, 0.4) is 0 Å². The number of hydrogen-bond donors (Lipinski definition) is 2. The first-order valence-corrected chi connectivity index (χ1v) is 8.84. The summed E-state index contributed by atoms with van der Waals surface area (Å²) in [5, 5.41) is 5.83. The number of benzene rings is 1. The molecule has 2 atom stereocenters. The second kappa shape index (κ2) is 8.85. The molecular formula is C19H29N3O3. The van der Waals surface area contributed by atoms with Crippen molar-refractivity contribution in [2.75, 3.05) is 32.1 Å². The highest BCUT2D eigenvalue weighted by atomic mass is 16.5. The number of hydrogen-bond acceptors (Lipinski definition) is 3. The molecule has 0 spiro atoms. The highest BCUT2D eigenvalue weighted by Crippen LogP contribution is 2.23. The molecule has 1 aromatic rings. The zero-order valence-electron chi connectivity index (χ0n) is 15.6. The van der Waals surface area contributed by atoms with Gasteiger partial charge in [-0.1, -0.05) is 6.07 Å². The van der Waals surface area contributed by atoms with Crippen molar-refractivity contribution in [3.05, 3.63) is 29.3 Å². The van der Waals surface area contributed by atoms with Gasteiger partial charge < -0.3 is 20.3 Å². The number of ether oxygens (including phenoxy) is 1. The lowest BCUT2D eigenvalue weighted by Crippen LogP contribution is -2.51. The van der Waals surface area contributed by atoms with Crippen molar-refractivity contribution in [2.24, 2.45) is 5.92 Å². The fraction of sp³-hybridized carbons (Fsp3) is 0.579. The number of nitrogens with zero attached hydrogens (tertiary/aromatic N) is 1. The van der Waals surface area contributed by atoms with Gasteiger partial charge in [-0.05, 0) is 56.9 Å². The number of carbonyl (C=O) groups excluding carboxylic acids is 2. The van der Waals surface area contributed by atoms with Gasteiger partial charge in [-0.3, -0.25) is 4.79 Å². The van der Waals surface area contributed by atoms with E-state index in [1.165, 1.54) is 5.56 Å². The number of urea groups is 1. The van der Waals surface area contributed by atoms with Gasteiger partial charge in [0, 0.05) is 31.9 Å². The molecule has 2 rings (SSSR count). The predicted molar refractivity (Wildman–Crippen MR) is 98.7 cm³/mol. The van der Waals surface area contributed by atoms with Crippen LogP contribution in [0.2, 0.25) is 0 Å². The smallest absolute Gasteiger partial charge is 0.322 e. The number of amides is 3. The summed E-state index contributed by atoms with van der Waals surface area (Å²) in [6, 6.07) is 5.84. The van der Waals surface area contributed by atoms with Gasteiger partial charge in [0.05, 0.1) is 12.5 Å². The minimum Gasteiger partial charge on any atom is -0.383 e. The number of rotatable bonds is 5. The van der Waals surface area contributed by atoms with Crippen LogP contribution >= 0.6 is 0 Å². The molecule has 1 saturated heterocycles. The van der Waals surface area contributed by atoms with Gasteiger partial charge in [-0.15, -0.1) is 0 Å². The van der Waals surface area contributed by atoms with Crippen LogP contribution in [0.4, 0.5) is 10.5 Å². The Morgan fingerprint density at radius 3 is 2.68 bits per heavy atom. The molecule has 6 nitrogen and oxygen atoms in total. The average Bonchev–Trinajstić information content (AvgIpc) is 2.58. The van der Waals surface area contributed by atoms with Gasteiger partial charge in [0.25, 0.3) is 0 Å². The van der Waals surface area contributed by atoms with Crippen molar-refractivity contribution in [3.8, 4) is 0 Å². The Balaban J connectivity index is 1.97. The molecule has 3 amide bonds. The van der Waals surface area contributed by atoms with E-state index in [9.17, 15) is 9.59 Å². The Morgan fingerprint density at radius 2 is 2.00 bits per heavy atom. The molecule has 2 N–H and O–H groups in total. The number of nitrogens with one attached hydrogen (secondary N) is 2. The quantitative estimate of drug-likeness (QED) is 0.805. The SMILES string of the molecule is COCCNC(=O)[C@@H]1CC[C@@H](C)N(C(=O)Nc2ccc(C)c(C)c2)C1. The lowest BCUT2D eigenvalue weighted by Gasteiger charge is -2.37. The lowest BCUT2D eigenvalue weighted by atomic mass is 9.93. The summed E-state index contributed by atoms with van der Waals surface area (Å²) in [5.74, 6) is -0.175. The van der Waals surface area contributed by atoms with E-state index in [1.807, 2.05) is 39.0 Å². The normalized spacial score (nSPS) is 20.2. The molecule has 0 saturated carbocycles. The summed E-state index contributed by atoms with van der Waals surface area (Å²) in [4.78, 5) is 26.7. The van der Waals surface area contributed by atoms with E-state index in [0.717, 1.165) is 24.1 Å². The van der Waals surface area contributed by atoms with Crippen molar-refractivity contribution in [1.29, 1.82) is 0 Å². The topological polar surface area (TPSA) is 70.7 Å². The van der Waals surface area contributed by atoms with E-state index in [0.29, 0.717) is 19.7 Å². The third-order valence-electron chi connectivity index (χ3n) is 4.88. The molecule has 0 unspecified atom stereocenters. The van der Waals surface area contributed by atoms with E-state index in [2.05, 4.69) is 10.6 Å². The van der Waals surface area contributed by atoms with Crippen molar-refractivity contribution >= 4 is 17.6 Å². The van der Waals surface area contributed by atoms with Crippen LogP contribution in [0.1, 0.15) is 30.9 Å². The van der Waals surface area contributed by atoms with Crippen LogP contribution in [0.5, 0.6) is 0 Å². The van der Waals surface area contributed by atoms with E-state index >= 15 is 0 Å². The first-order chi connectivity index (χ1) is 11.9. The molecule has 1 fully saturated rings. The molecule has 0 aliphatic carbocycles. The lowest BCUT2D eigenvalue weighted by molar-refractivity contribution is -0.126. The second-order valence-electron chi connectivity index (χ2n) is 6.79. The first kappa shape index (κ1) is 19.2. The van der Waals surface area contributed by atoms with Crippen LogP contribution in [0.25, 0.3) is 0 Å². The van der Waals surface area contributed by atoms with Crippen LogP contribution in [0.15, 0.2) is 18.2 Å². The Bertz CT molecular complexity index is 618. The van der Waals surface area contributed by atoms with Crippen molar-refractivity contribution in [2.45, 2.75) is 39.7 Å². The highest BCUT2D eigenvalue weighted by Gasteiger charge is 2.32. The monoisotopic (exact) mass is 347 g/mol. The van der Waals surface area contributed by atoms with Gasteiger partial charge in [0.2, 0.25) is 5.91 Å². The van der Waals surface area contributed by atoms with Crippen LogP contribution in [-0.2, 0) is 9.53 Å². The van der Waals surface area contributed by atoms with Gasteiger partial charge >= 0.3 is 6.03 Å². The number of carbonyl (C=O) groups is 2. The Morgan fingerprint density at radius 1 is 1.24 bits per heavy atom.